The van der Waals surface area contributed by atoms with Gasteiger partial charge in [-0.3, -0.25) is 5.43 Å². The minimum absolute atomic E-state index is 0.351. The molecule has 0 fully saturated rings. The molecule has 0 aromatic heterocycles. The smallest absolute Gasteiger partial charge is 0.343 e. The molecular weight excluding hydrogens is 376 g/mol. The number of hydrazone groups is 1. The van der Waals surface area contributed by atoms with Crippen molar-refractivity contribution in [1.29, 1.82) is 0 Å². The maximum absolute atomic E-state index is 12.6. The van der Waals surface area contributed by atoms with E-state index in [1.807, 2.05) is 72.8 Å². The third-order valence-corrected chi connectivity index (χ3v) is 4.56. The van der Waals surface area contributed by atoms with Crippen LogP contribution in [0.25, 0.3) is 10.8 Å². The maximum atomic E-state index is 12.6. The molecule has 0 aliphatic rings. The number of para-hydroxylation sites is 1. The van der Waals surface area contributed by atoms with Gasteiger partial charge in [0.05, 0.1) is 24.6 Å². The van der Waals surface area contributed by atoms with E-state index >= 15 is 0 Å². The Labute approximate surface area is 174 Å². The van der Waals surface area contributed by atoms with E-state index in [0.29, 0.717) is 17.1 Å². The summed E-state index contributed by atoms with van der Waals surface area (Å²) in [6, 6.07) is 28.3. The Kier molecular flexibility index (Phi) is 5.71. The van der Waals surface area contributed by atoms with Gasteiger partial charge in [-0.05, 0) is 58.8 Å². The topological polar surface area (TPSA) is 59.9 Å². The van der Waals surface area contributed by atoms with E-state index in [9.17, 15) is 4.79 Å². The molecule has 148 valence electrons. The second-order valence-corrected chi connectivity index (χ2v) is 6.60. The fourth-order valence-electron chi connectivity index (χ4n) is 3.02. The molecule has 0 heterocycles. The van der Waals surface area contributed by atoms with E-state index in [1.165, 1.54) is 7.11 Å². The molecule has 5 heteroatoms. The highest BCUT2D eigenvalue weighted by Crippen LogP contribution is 2.29. The zero-order valence-corrected chi connectivity index (χ0v) is 16.4. The lowest BCUT2D eigenvalue weighted by Crippen LogP contribution is -2.09. The van der Waals surface area contributed by atoms with Gasteiger partial charge in [-0.1, -0.05) is 48.5 Å². The number of anilines is 1. The molecular formula is C25H20N2O3. The highest BCUT2D eigenvalue weighted by Gasteiger charge is 2.13. The zero-order chi connectivity index (χ0) is 20.8. The Morgan fingerprint density at radius 1 is 0.833 bits per heavy atom. The van der Waals surface area contributed by atoms with Crippen LogP contribution in [-0.2, 0) is 0 Å². The first-order valence-electron chi connectivity index (χ1n) is 9.46. The number of nitrogens with one attached hydrogen (secondary N) is 1. The largest absolute Gasteiger partial charge is 0.493 e. The molecule has 1 N–H and O–H groups in total. The van der Waals surface area contributed by atoms with Crippen molar-refractivity contribution >= 4 is 28.6 Å². The van der Waals surface area contributed by atoms with Gasteiger partial charge in [-0.25, -0.2) is 4.79 Å². The van der Waals surface area contributed by atoms with E-state index in [2.05, 4.69) is 10.5 Å². The average molecular weight is 396 g/mol. The SMILES string of the molecule is COc1cc(/C=N\Nc2ccccc2)ccc1OC(=O)c1ccc2ccccc2c1. The summed E-state index contributed by atoms with van der Waals surface area (Å²) < 4.78 is 11.0. The number of carbonyl (C=O) groups excluding carboxylic acids is 1. The van der Waals surface area contributed by atoms with Gasteiger partial charge in [0.25, 0.3) is 0 Å². The summed E-state index contributed by atoms with van der Waals surface area (Å²) in [4.78, 5) is 12.6. The van der Waals surface area contributed by atoms with E-state index in [-0.39, 0.29) is 0 Å². The second kappa shape index (κ2) is 8.92. The average Bonchev–Trinajstić information content (AvgIpc) is 2.80. The molecule has 0 aliphatic heterocycles. The van der Waals surface area contributed by atoms with Gasteiger partial charge >= 0.3 is 5.97 Å². The van der Waals surface area contributed by atoms with Crippen LogP contribution in [0.1, 0.15) is 15.9 Å². The fraction of sp³-hybridized carbons (Fsp3) is 0.0400. The highest BCUT2D eigenvalue weighted by molar-refractivity contribution is 5.96. The van der Waals surface area contributed by atoms with Gasteiger partial charge in [0.15, 0.2) is 11.5 Å². The molecule has 0 aliphatic carbocycles. The predicted octanol–water partition coefficient (Wildman–Crippen LogP) is 5.51. The van der Waals surface area contributed by atoms with Crippen LogP contribution in [0.15, 0.2) is 96.1 Å². The van der Waals surface area contributed by atoms with Gasteiger partial charge in [-0.15, -0.1) is 0 Å². The van der Waals surface area contributed by atoms with Gasteiger partial charge < -0.3 is 9.47 Å². The van der Waals surface area contributed by atoms with Crippen LogP contribution in [-0.4, -0.2) is 19.3 Å². The van der Waals surface area contributed by atoms with Crippen LogP contribution < -0.4 is 14.9 Å². The van der Waals surface area contributed by atoms with Crippen LogP contribution >= 0.6 is 0 Å². The Morgan fingerprint density at radius 3 is 2.40 bits per heavy atom. The minimum atomic E-state index is -0.439. The molecule has 0 bridgehead atoms. The van der Waals surface area contributed by atoms with Crippen molar-refractivity contribution in [2.24, 2.45) is 5.10 Å². The highest BCUT2D eigenvalue weighted by atomic mass is 16.6. The first-order chi connectivity index (χ1) is 14.7. The van der Waals surface area contributed by atoms with E-state index in [4.69, 9.17) is 9.47 Å². The number of benzene rings is 4. The normalized spacial score (nSPS) is 10.8. The Hall–Kier alpha value is -4.12. The Morgan fingerprint density at radius 2 is 1.60 bits per heavy atom. The van der Waals surface area contributed by atoms with Gasteiger partial charge in [0, 0.05) is 0 Å². The number of hydrogen-bond donors (Lipinski definition) is 1. The molecule has 0 atom stereocenters. The number of fused-ring (bicyclic) bond motifs is 1. The minimum Gasteiger partial charge on any atom is -0.493 e. The third kappa shape index (κ3) is 4.47. The number of esters is 1. The number of rotatable bonds is 6. The lowest BCUT2D eigenvalue weighted by atomic mass is 10.1. The van der Waals surface area contributed by atoms with Crippen molar-refractivity contribution in [2.75, 3.05) is 12.5 Å². The first kappa shape index (κ1) is 19.2. The molecule has 0 spiro atoms. The summed E-state index contributed by atoms with van der Waals surface area (Å²) in [7, 11) is 1.53. The zero-order valence-electron chi connectivity index (χ0n) is 16.4. The van der Waals surface area contributed by atoms with Gasteiger partial charge in [0.1, 0.15) is 0 Å². The number of methoxy groups -OCH3 is 1. The van der Waals surface area contributed by atoms with Crippen molar-refractivity contribution in [3.8, 4) is 11.5 Å². The summed E-state index contributed by atoms with van der Waals surface area (Å²) in [6.45, 7) is 0. The molecule has 0 amide bonds. The summed E-state index contributed by atoms with van der Waals surface area (Å²) >= 11 is 0. The summed E-state index contributed by atoms with van der Waals surface area (Å²) in [5.74, 6) is 0.364. The number of ether oxygens (including phenoxy) is 2. The fourth-order valence-corrected chi connectivity index (χ4v) is 3.02. The molecule has 0 radical (unpaired) electrons. The predicted molar refractivity (Wildman–Crippen MR) is 120 cm³/mol. The lowest BCUT2D eigenvalue weighted by Gasteiger charge is -2.10. The summed E-state index contributed by atoms with van der Waals surface area (Å²) in [5, 5.41) is 6.27. The molecule has 30 heavy (non-hydrogen) atoms. The maximum Gasteiger partial charge on any atom is 0.343 e. The molecule has 0 unspecified atom stereocenters. The van der Waals surface area contributed by atoms with Crippen molar-refractivity contribution < 1.29 is 14.3 Å². The molecule has 4 aromatic carbocycles. The summed E-state index contributed by atoms with van der Waals surface area (Å²) in [6.07, 6.45) is 1.67. The van der Waals surface area contributed by atoms with E-state index in [0.717, 1.165) is 22.0 Å². The van der Waals surface area contributed by atoms with Crippen LogP contribution in [0.5, 0.6) is 11.5 Å². The molecule has 0 saturated heterocycles. The quantitative estimate of drug-likeness (QED) is 0.202. The Bertz CT molecular complexity index is 1200. The van der Waals surface area contributed by atoms with Crippen LogP contribution in [0.2, 0.25) is 0 Å². The van der Waals surface area contributed by atoms with Gasteiger partial charge in [-0.2, -0.15) is 5.10 Å². The standard InChI is InChI=1S/C25H20N2O3/c1-29-24-15-18(17-26-27-22-9-3-2-4-10-22)11-14-23(24)30-25(28)21-13-12-19-7-5-6-8-20(19)16-21/h2-17,27H,1H3/b26-17-. The number of carbonyl (C=O) groups is 1. The van der Waals surface area contributed by atoms with Crippen LogP contribution in [0.4, 0.5) is 5.69 Å². The van der Waals surface area contributed by atoms with Gasteiger partial charge in [0.2, 0.25) is 0 Å². The first-order valence-corrected chi connectivity index (χ1v) is 9.46. The molecule has 4 aromatic rings. The van der Waals surface area contributed by atoms with Crippen molar-refractivity contribution in [2.45, 2.75) is 0 Å². The van der Waals surface area contributed by atoms with Crippen LogP contribution in [0.3, 0.4) is 0 Å². The molecule has 4 rings (SSSR count). The number of nitrogens with zero attached hydrogens (tertiary/aromatic N) is 1. The number of hydrogen-bond acceptors (Lipinski definition) is 5. The van der Waals surface area contributed by atoms with E-state index < -0.39 is 5.97 Å². The molecule has 5 nitrogen and oxygen atoms in total. The Balaban J connectivity index is 1.48. The second-order valence-electron chi connectivity index (χ2n) is 6.60. The van der Waals surface area contributed by atoms with Crippen molar-refractivity contribution in [3.63, 3.8) is 0 Å². The third-order valence-electron chi connectivity index (χ3n) is 4.56. The lowest BCUT2D eigenvalue weighted by molar-refractivity contribution is 0.0730. The molecule has 0 saturated carbocycles. The van der Waals surface area contributed by atoms with E-state index in [1.54, 1.807) is 24.4 Å². The van der Waals surface area contributed by atoms with Crippen LogP contribution in [0, 0.1) is 0 Å². The monoisotopic (exact) mass is 396 g/mol. The summed E-state index contributed by atoms with van der Waals surface area (Å²) in [5.41, 5.74) is 5.13. The van der Waals surface area contributed by atoms with Crippen molar-refractivity contribution in [3.05, 3.63) is 102 Å². The van der Waals surface area contributed by atoms with Crippen molar-refractivity contribution in [1.82, 2.24) is 0 Å².